The van der Waals surface area contributed by atoms with Crippen molar-refractivity contribution in [2.45, 2.75) is 348 Å². The second-order valence-electron chi connectivity index (χ2n) is 20.3. The van der Waals surface area contributed by atoms with Crippen molar-refractivity contribution in [1.29, 1.82) is 0 Å². The summed E-state index contributed by atoms with van der Waals surface area (Å²) < 4.78 is 16.8. The van der Waals surface area contributed by atoms with Gasteiger partial charge in [0, 0.05) is 19.3 Å². The molecule has 0 heterocycles. The van der Waals surface area contributed by atoms with Crippen LogP contribution in [0, 0.1) is 0 Å². The number of unbranched alkanes of at least 4 members (excludes halogenated alkanes) is 44. The molecule has 0 N–H and O–H groups in total. The molecule has 6 heteroatoms. The fourth-order valence-electron chi connectivity index (χ4n) is 9.15. The second-order valence-corrected chi connectivity index (χ2v) is 20.3. The number of hydrogen-bond acceptors (Lipinski definition) is 6. The summed E-state index contributed by atoms with van der Waals surface area (Å²) in [5.41, 5.74) is 0. The summed E-state index contributed by atoms with van der Waals surface area (Å²) in [6.07, 6.45) is 61.5. The maximum absolute atomic E-state index is 12.8. The Hall–Kier alpha value is -1.59. The van der Waals surface area contributed by atoms with E-state index in [1.807, 2.05) is 0 Å². The summed E-state index contributed by atoms with van der Waals surface area (Å²) in [7, 11) is 0. The van der Waals surface area contributed by atoms with Crippen LogP contribution in [0.5, 0.6) is 0 Å². The van der Waals surface area contributed by atoms with Crippen molar-refractivity contribution < 1.29 is 28.6 Å². The van der Waals surface area contributed by atoms with E-state index in [9.17, 15) is 14.4 Å². The standard InChI is InChI=1S/C59H114O6/c1-4-7-10-13-15-17-19-21-23-25-27-29-31-33-35-37-39-41-43-46-49-52-58(61)64-55-56(54-63-57(60)51-48-45-12-9-6-3)65-59(62)53-50-47-44-42-40-38-36-34-32-30-28-26-24-22-20-18-16-14-11-8-5-2/h56H,4-55H2,1-3H3. The summed E-state index contributed by atoms with van der Waals surface area (Å²) in [6, 6.07) is 0. The molecule has 65 heavy (non-hydrogen) atoms. The molecule has 0 rings (SSSR count). The van der Waals surface area contributed by atoms with E-state index in [1.54, 1.807) is 0 Å². The van der Waals surface area contributed by atoms with Gasteiger partial charge in [-0.15, -0.1) is 0 Å². The molecule has 0 aromatic rings. The Kier molecular flexibility index (Phi) is 53.7. The normalized spacial score (nSPS) is 11.9. The van der Waals surface area contributed by atoms with Gasteiger partial charge in [0.1, 0.15) is 13.2 Å². The first kappa shape index (κ1) is 63.4. The molecule has 0 amide bonds. The van der Waals surface area contributed by atoms with Crippen molar-refractivity contribution in [3.05, 3.63) is 0 Å². The van der Waals surface area contributed by atoms with Crippen molar-refractivity contribution in [2.24, 2.45) is 0 Å². The minimum Gasteiger partial charge on any atom is -0.462 e. The molecule has 0 saturated heterocycles. The molecule has 0 aliphatic heterocycles. The number of carbonyl (C=O) groups excluding carboxylic acids is 3. The molecule has 0 spiro atoms. The van der Waals surface area contributed by atoms with Gasteiger partial charge >= 0.3 is 17.9 Å². The van der Waals surface area contributed by atoms with Crippen molar-refractivity contribution >= 4 is 17.9 Å². The van der Waals surface area contributed by atoms with Gasteiger partial charge in [0.2, 0.25) is 0 Å². The van der Waals surface area contributed by atoms with Crippen molar-refractivity contribution in [2.75, 3.05) is 13.2 Å². The van der Waals surface area contributed by atoms with E-state index < -0.39 is 6.10 Å². The highest BCUT2D eigenvalue weighted by molar-refractivity contribution is 5.71. The lowest BCUT2D eigenvalue weighted by Gasteiger charge is -2.18. The Morgan fingerprint density at radius 2 is 0.415 bits per heavy atom. The van der Waals surface area contributed by atoms with E-state index in [2.05, 4.69) is 20.8 Å². The highest BCUT2D eigenvalue weighted by atomic mass is 16.6. The predicted molar refractivity (Wildman–Crippen MR) is 280 cm³/mol. The van der Waals surface area contributed by atoms with E-state index >= 15 is 0 Å². The molecule has 6 nitrogen and oxygen atoms in total. The molecule has 0 fully saturated rings. The second kappa shape index (κ2) is 55.0. The lowest BCUT2D eigenvalue weighted by molar-refractivity contribution is -0.167. The average molecular weight is 920 g/mol. The van der Waals surface area contributed by atoms with Gasteiger partial charge < -0.3 is 14.2 Å². The SMILES string of the molecule is CCCCCCCCCCCCCCCCCCCCCCCC(=O)OCC(COC(=O)CCCCCCC)OC(=O)CCCCCCCCCCCCCCCCCCCCCCC. The van der Waals surface area contributed by atoms with Gasteiger partial charge in [-0.1, -0.05) is 303 Å². The van der Waals surface area contributed by atoms with E-state index in [4.69, 9.17) is 14.2 Å². The van der Waals surface area contributed by atoms with Gasteiger partial charge in [-0.25, -0.2) is 0 Å². The maximum Gasteiger partial charge on any atom is 0.306 e. The van der Waals surface area contributed by atoms with Crippen LogP contribution in [0.3, 0.4) is 0 Å². The predicted octanol–water partition coefficient (Wildman–Crippen LogP) is 19.5. The van der Waals surface area contributed by atoms with Gasteiger partial charge in [0.25, 0.3) is 0 Å². The first-order chi connectivity index (χ1) is 32.0. The minimum absolute atomic E-state index is 0.0626. The molecular weight excluding hydrogens is 805 g/mol. The highest BCUT2D eigenvalue weighted by Gasteiger charge is 2.19. The molecule has 0 bridgehead atoms. The zero-order valence-electron chi connectivity index (χ0n) is 44.3. The van der Waals surface area contributed by atoms with Crippen LogP contribution < -0.4 is 0 Å². The topological polar surface area (TPSA) is 78.9 Å². The molecular formula is C59H114O6. The monoisotopic (exact) mass is 919 g/mol. The van der Waals surface area contributed by atoms with Gasteiger partial charge in [0.05, 0.1) is 0 Å². The van der Waals surface area contributed by atoms with Crippen molar-refractivity contribution in [3.63, 3.8) is 0 Å². The van der Waals surface area contributed by atoms with Crippen LogP contribution in [0.2, 0.25) is 0 Å². The van der Waals surface area contributed by atoms with Crippen LogP contribution in [0.1, 0.15) is 342 Å². The molecule has 0 aliphatic carbocycles. The Labute approximate surface area is 406 Å². The number of rotatable bonds is 55. The highest BCUT2D eigenvalue weighted by Crippen LogP contribution is 2.18. The van der Waals surface area contributed by atoms with Crippen molar-refractivity contribution in [3.8, 4) is 0 Å². The minimum atomic E-state index is -0.759. The quantitative estimate of drug-likeness (QED) is 0.0344. The Bertz CT molecular complexity index is 967. The zero-order valence-corrected chi connectivity index (χ0v) is 44.3. The lowest BCUT2D eigenvalue weighted by Crippen LogP contribution is -2.30. The summed E-state index contributed by atoms with van der Waals surface area (Å²) in [6.45, 7) is 6.63. The molecule has 0 aliphatic rings. The molecule has 1 atom stereocenters. The fourth-order valence-corrected chi connectivity index (χ4v) is 9.15. The number of carbonyl (C=O) groups is 3. The molecule has 0 aromatic heterocycles. The first-order valence-corrected chi connectivity index (χ1v) is 29.5. The van der Waals surface area contributed by atoms with Gasteiger partial charge in [-0.3, -0.25) is 14.4 Å². The van der Waals surface area contributed by atoms with Crippen molar-refractivity contribution in [1.82, 2.24) is 0 Å². The summed E-state index contributed by atoms with van der Waals surface area (Å²) >= 11 is 0. The van der Waals surface area contributed by atoms with Crippen LogP contribution in [-0.4, -0.2) is 37.2 Å². The van der Waals surface area contributed by atoms with E-state index in [1.165, 1.54) is 238 Å². The van der Waals surface area contributed by atoms with Crippen LogP contribution >= 0.6 is 0 Å². The summed E-state index contributed by atoms with van der Waals surface area (Å²) in [5.74, 6) is -0.850. The molecule has 0 saturated carbocycles. The maximum atomic E-state index is 12.8. The van der Waals surface area contributed by atoms with Gasteiger partial charge in [-0.05, 0) is 19.3 Å². The van der Waals surface area contributed by atoms with Crippen LogP contribution in [0.25, 0.3) is 0 Å². The molecule has 386 valence electrons. The van der Waals surface area contributed by atoms with Gasteiger partial charge in [-0.2, -0.15) is 0 Å². The Morgan fingerprint density at radius 3 is 0.615 bits per heavy atom. The first-order valence-electron chi connectivity index (χ1n) is 29.5. The van der Waals surface area contributed by atoms with E-state index in [0.717, 1.165) is 64.2 Å². The summed E-state index contributed by atoms with van der Waals surface area (Å²) in [4.78, 5) is 37.8. The number of hydrogen-bond donors (Lipinski definition) is 0. The Balaban J connectivity index is 4.01. The molecule has 0 aromatic carbocycles. The average Bonchev–Trinajstić information content (AvgIpc) is 3.30. The number of ether oxygens (including phenoxy) is 3. The Morgan fingerprint density at radius 1 is 0.246 bits per heavy atom. The molecule has 1 unspecified atom stereocenters. The van der Waals surface area contributed by atoms with Crippen LogP contribution in [-0.2, 0) is 28.6 Å². The van der Waals surface area contributed by atoms with Crippen LogP contribution in [0.4, 0.5) is 0 Å². The lowest BCUT2D eigenvalue weighted by atomic mass is 10.0. The van der Waals surface area contributed by atoms with E-state index in [0.29, 0.717) is 19.3 Å². The smallest absolute Gasteiger partial charge is 0.306 e. The third kappa shape index (κ3) is 53.2. The van der Waals surface area contributed by atoms with Crippen LogP contribution in [0.15, 0.2) is 0 Å². The third-order valence-electron chi connectivity index (χ3n) is 13.6. The fraction of sp³-hybridized carbons (Fsp3) is 0.949. The molecule has 0 radical (unpaired) electrons. The zero-order chi connectivity index (χ0) is 47.2. The third-order valence-corrected chi connectivity index (χ3v) is 13.6. The number of esters is 3. The van der Waals surface area contributed by atoms with Gasteiger partial charge in [0.15, 0.2) is 6.10 Å². The van der Waals surface area contributed by atoms with E-state index in [-0.39, 0.29) is 31.1 Å². The largest absolute Gasteiger partial charge is 0.462 e. The summed E-state index contributed by atoms with van der Waals surface area (Å²) in [5, 5.41) is 0.